The average Bonchev–Trinajstić information content (AvgIpc) is 3.26. The normalized spacial score (nSPS) is 10.6. The molecule has 0 aliphatic carbocycles. The predicted molar refractivity (Wildman–Crippen MR) is 95.9 cm³/mol. The molecule has 3 aromatic rings. The molecule has 25 heavy (non-hydrogen) atoms. The van der Waals surface area contributed by atoms with Crippen LogP contribution in [0.25, 0.3) is 0 Å². The van der Waals surface area contributed by atoms with Gasteiger partial charge in [0.1, 0.15) is 0 Å². The molecule has 2 heterocycles. The molecule has 128 valence electrons. The standard InChI is InChI=1S/C16H14N4O3S2/c21-13(17-14(22)12-7-4-8-24-12)10-25-16-19-18-15(23)20(16)9-11-5-2-1-3-6-11/h1-8H,9-10H2,(H,18,23)(H,17,21,22). The van der Waals surface area contributed by atoms with Crippen LogP contribution in [0.15, 0.2) is 57.8 Å². The number of nitrogens with zero attached hydrogens (tertiary/aromatic N) is 2. The van der Waals surface area contributed by atoms with Gasteiger partial charge in [0.25, 0.3) is 5.91 Å². The van der Waals surface area contributed by atoms with Crippen LogP contribution >= 0.6 is 23.1 Å². The molecule has 0 radical (unpaired) electrons. The summed E-state index contributed by atoms with van der Waals surface area (Å²) in [5, 5.41) is 10.8. The molecule has 7 nitrogen and oxygen atoms in total. The smallest absolute Gasteiger partial charge is 0.291 e. The zero-order chi connectivity index (χ0) is 17.6. The highest BCUT2D eigenvalue weighted by molar-refractivity contribution is 7.99. The Labute approximate surface area is 151 Å². The van der Waals surface area contributed by atoms with Gasteiger partial charge in [-0.25, -0.2) is 9.89 Å². The van der Waals surface area contributed by atoms with Crippen molar-refractivity contribution in [3.63, 3.8) is 0 Å². The van der Waals surface area contributed by atoms with Crippen molar-refractivity contribution in [1.29, 1.82) is 0 Å². The van der Waals surface area contributed by atoms with E-state index in [1.165, 1.54) is 15.9 Å². The van der Waals surface area contributed by atoms with Crippen LogP contribution in [0.5, 0.6) is 0 Å². The lowest BCUT2D eigenvalue weighted by molar-refractivity contribution is -0.117. The maximum atomic E-state index is 11.9. The third-order valence-corrected chi connectivity index (χ3v) is 5.08. The van der Waals surface area contributed by atoms with Crippen LogP contribution in [0.2, 0.25) is 0 Å². The summed E-state index contributed by atoms with van der Waals surface area (Å²) in [5.41, 5.74) is 0.603. The van der Waals surface area contributed by atoms with Crippen LogP contribution in [-0.2, 0) is 11.3 Å². The van der Waals surface area contributed by atoms with E-state index in [0.29, 0.717) is 16.6 Å². The Kier molecular flexibility index (Phi) is 5.46. The zero-order valence-electron chi connectivity index (χ0n) is 13.0. The van der Waals surface area contributed by atoms with Crippen molar-refractivity contribution >= 4 is 34.9 Å². The summed E-state index contributed by atoms with van der Waals surface area (Å²) in [7, 11) is 0. The number of H-pyrrole nitrogens is 1. The molecular formula is C16H14N4O3S2. The highest BCUT2D eigenvalue weighted by Gasteiger charge is 2.14. The van der Waals surface area contributed by atoms with E-state index in [1.807, 2.05) is 30.3 Å². The fraction of sp³-hybridized carbons (Fsp3) is 0.125. The molecule has 2 N–H and O–H groups in total. The number of imide groups is 1. The molecule has 0 bridgehead atoms. The number of carbonyl (C=O) groups is 2. The van der Waals surface area contributed by atoms with E-state index in [-0.39, 0.29) is 11.4 Å². The van der Waals surface area contributed by atoms with Crippen LogP contribution in [0.1, 0.15) is 15.2 Å². The minimum atomic E-state index is -0.440. The van der Waals surface area contributed by atoms with Crippen molar-refractivity contribution in [3.05, 3.63) is 68.8 Å². The molecule has 0 atom stereocenters. The summed E-state index contributed by atoms with van der Waals surface area (Å²) in [5.74, 6) is -0.884. The Morgan fingerprint density at radius 2 is 2.00 bits per heavy atom. The summed E-state index contributed by atoms with van der Waals surface area (Å²) in [6.45, 7) is 0.355. The molecule has 0 aliphatic rings. The first-order chi connectivity index (χ1) is 12.1. The topological polar surface area (TPSA) is 96.8 Å². The number of aromatic amines is 1. The van der Waals surface area contributed by atoms with Crippen molar-refractivity contribution in [2.24, 2.45) is 0 Å². The zero-order valence-corrected chi connectivity index (χ0v) is 14.6. The monoisotopic (exact) mass is 374 g/mol. The second-order valence-corrected chi connectivity index (χ2v) is 6.92. The molecule has 0 saturated heterocycles. The minimum absolute atomic E-state index is 0.0177. The number of rotatable bonds is 6. The maximum Gasteiger partial charge on any atom is 0.344 e. The SMILES string of the molecule is O=C(CSc1n[nH]c(=O)n1Cc1ccccc1)NC(=O)c1cccs1. The van der Waals surface area contributed by atoms with Crippen molar-refractivity contribution < 1.29 is 9.59 Å². The Balaban J connectivity index is 1.61. The minimum Gasteiger partial charge on any atom is -0.291 e. The Morgan fingerprint density at radius 3 is 2.72 bits per heavy atom. The number of thioether (sulfide) groups is 1. The van der Waals surface area contributed by atoms with Crippen LogP contribution in [0.3, 0.4) is 0 Å². The second kappa shape index (κ2) is 7.95. The van der Waals surface area contributed by atoms with Crippen molar-refractivity contribution in [2.75, 3.05) is 5.75 Å². The molecule has 9 heteroatoms. The highest BCUT2D eigenvalue weighted by Crippen LogP contribution is 2.14. The summed E-state index contributed by atoms with van der Waals surface area (Å²) in [6.07, 6.45) is 0. The lowest BCUT2D eigenvalue weighted by Crippen LogP contribution is -2.31. The fourth-order valence-corrected chi connectivity index (χ4v) is 3.45. The quantitative estimate of drug-likeness (QED) is 0.641. The predicted octanol–water partition coefficient (Wildman–Crippen LogP) is 1.73. The number of amides is 2. The van der Waals surface area contributed by atoms with E-state index in [2.05, 4.69) is 15.5 Å². The van der Waals surface area contributed by atoms with Gasteiger partial charge in [0.05, 0.1) is 17.2 Å². The third kappa shape index (κ3) is 4.46. The number of benzene rings is 1. The first kappa shape index (κ1) is 17.2. The third-order valence-electron chi connectivity index (χ3n) is 3.24. The van der Waals surface area contributed by atoms with Gasteiger partial charge < -0.3 is 0 Å². The maximum absolute atomic E-state index is 11.9. The van der Waals surface area contributed by atoms with Crippen molar-refractivity contribution in [3.8, 4) is 0 Å². The molecule has 2 amide bonds. The van der Waals surface area contributed by atoms with Gasteiger partial charge in [-0.05, 0) is 17.0 Å². The van der Waals surface area contributed by atoms with E-state index in [9.17, 15) is 14.4 Å². The Hall–Kier alpha value is -2.65. The number of aromatic nitrogens is 3. The van der Waals surface area contributed by atoms with Gasteiger partial charge in [-0.3, -0.25) is 19.5 Å². The number of hydrogen-bond donors (Lipinski definition) is 2. The summed E-state index contributed by atoms with van der Waals surface area (Å²) in [4.78, 5) is 36.1. The summed E-state index contributed by atoms with van der Waals surface area (Å²) >= 11 is 2.35. The molecule has 0 aliphatic heterocycles. The number of thiophene rings is 1. The van der Waals surface area contributed by atoms with E-state index >= 15 is 0 Å². The molecule has 0 fully saturated rings. The molecule has 0 unspecified atom stereocenters. The largest absolute Gasteiger partial charge is 0.344 e. The van der Waals surface area contributed by atoms with Gasteiger partial charge in [-0.1, -0.05) is 48.2 Å². The molecule has 3 rings (SSSR count). The van der Waals surface area contributed by atoms with Crippen molar-refractivity contribution in [2.45, 2.75) is 11.7 Å². The van der Waals surface area contributed by atoms with Crippen LogP contribution in [0.4, 0.5) is 0 Å². The molecule has 0 spiro atoms. The van der Waals surface area contributed by atoms with Gasteiger partial charge in [0.15, 0.2) is 5.16 Å². The first-order valence-corrected chi connectivity index (χ1v) is 9.19. The van der Waals surface area contributed by atoms with Crippen LogP contribution < -0.4 is 11.0 Å². The lowest BCUT2D eigenvalue weighted by Gasteiger charge is -2.06. The summed E-state index contributed by atoms with van der Waals surface area (Å²) < 4.78 is 1.45. The Bertz CT molecular complexity index is 917. The lowest BCUT2D eigenvalue weighted by atomic mass is 10.2. The van der Waals surface area contributed by atoms with Gasteiger partial charge in [-0.15, -0.1) is 16.4 Å². The van der Waals surface area contributed by atoms with Gasteiger partial charge in [-0.2, -0.15) is 0 Å². The number of nitrogens with one attached hydrogen (secondary N) is 2. The fourth-order valence-electron chi connectivity index (χ4n) is 2.08. The molecule has 0 saturated carbocycles. The molecule has 2 aromatic heterocycles. The van der Waals surface area contributed by atoms with Crippen LogP contribution in [-0.4, -0.2) is 32.3 Å². The van der Waals surface area contributed by atoms with Gasteiger partial charge >= 0.3 is 5.69 Å². The number of carbonyl (C=O) groups excluding carboxylic acids is 2. The van der Waals surface area contributed by atoms with E-state index in [0.717, 1.165) is 17.3 Å². The first-order valence-electron chi connectivity index (χ1n) is 7.33. The van der Waals surface area contributed by atoms with E-state index in [1.54, 1.807) is 17.5 Å². The second-order valence-electron chi connectivity index (χ2n) is 5.03. The van der Waals surface area contributed by atoms with E-state index in [4.69, 9.17) is 0 Å². The Morgan fingerprint density at radius 1 is 1.20 bits per heavy atom. The highest BCUT2D eigenvalue weighted by atomic mass is 32.2. The number of hydrogen-bond acceptors (Lipinski definition) is 6. The van der Waals surface area contributed by atoms with Crippen LogP contribution in [0, 0.1) is 0 Å². The van der Waals surface area contributed by atoms with Crippen molar-refractivity contribution in [1.82, 2.24) is 20.1 Å². The van der Waals surface area contributed by atoms with Gasteiger partial charge in [0.2, 0.25) is 5.91 Å². The average molecular weight is 374 g/mol. The van der Waals surface area contributed by atoms with E-state index < -0.39 is 11.8 Å². The molecular weight excluding hydrogens is 360 g/mol. The van der Waals surface area contributed by atoms with Gasteiger partial charge in [0, 0.05) is 0 Å². The summed E-state index contributed by atoms with van der Waals surface area (Å²) in [6, 6.07) is 12.9. The molecule has 1 aromatic carbocycles.